The molecule has 0 aliphatic carbocycles. The summed E-state index contributed by atoms with van der Waals surface area (Å²) >= 11 is 0. The van der Waals surface area contributed by atoms with Crippen LogP contribution in [0.25, 0.3) is 0 Å². The van der Waals surface area contributed by atoms with Gasteiger partial charge in [0, 0.05) is 24.6 Å². The molecule has 266 valence electrons. The van der Waals surface area contributed by atoms with E-state index in [9.17, 15) is 28.8 Å². The molecule has 48 heavy (non-hydrogen) atoms. The van der Waals surface area contributed by atoms with Crippen molar-refractivity contribution in [1.82, 2.24) is 26.6 Å². The molecule has 13 nitrogen and oxygen atoms in total. The maximum absolute atomic E-state index is 13.7. The molecule has 0 aromatic heterocycles. The van der Waals surface area contributed by atoms with Gasteiger partial charge in [0.2, 0.25) is 23.6 Å². The first-order valence-electron chi connectivity index (χ1n) is 16.5. The van der Waals surface area contributed by atoms with Gasteiger partial charge in [0.15, 0.2) is 0 Å². The van der Waals surface area contributed by atoms with Crippen molar-refractivity contribution in [2.75, 3.05) is 6.54 Å². The number of esters is 1. The highest BCUT2D eigenvalue weighted by Gasteiger charge is 2.33. The molecule has 1 aromatic carbocycles. The number of alkyl carbamates (subject to hydrolysis) is 1. The van der Waals surface area contributed by atoms with Crippen molar-refractivity contribution in [1.29, 1.82) is 0 Å². The van der Waals surface area contributed by atoms with Crippen LogP contribution >= 0.6 is 0 Å². The first-order valence-corrected chi connectivity index (χ1v) is 16.5. The first kappa shape index (κ1) is 39.8. The summed E-state index contributed by atoms with van der Waals surface area (Å²) in [5.41, 5.74) is 0.0695. The van der Waals surface area contributed by atoms with Crippen LogP contribution in [-0.2, 0) is 40.1 Å². The van der Waals surface area contributed by atoms with Gasteiger partial charge in [-0.3, -0.25) is 19.2 Å². The smallest absolute Gasteiger partial charge is 0.408 e. The molecule has 1 aromatic rings. The van der Waals surface area contributed by atoms with Gasteiger partial charge in [0.1, 0.15) is 30.3 Å². The zero-order chi connectivity index (χ0) is 36.0. The molecule has 1 aliphatic rings. The Morgan fingerprint density at radius 3 is 2.15 bits per heavy atom. The maximum Gasteiger partial charge on any atom is 0.408 e. The van der Waals surface area contributed by atoms with Crippen molar-refractivity contribution >= 4 is 35.7 Å². The summed E-state index contributed by atoms with van der Waals surface area (Å²) in [6.45, 7) is 14.5. The number of carbonyl (C=O) groups excluding carboxylic acids is 6. The van der Waals surface area contributed by atoms with E-state index < -0.39 is 59.6 Å². The molecule has 0 bridgehead atoms. The average molecular weight is 672 g/mol. The fraction of sp³-hybridized carbons (Fsp3) is 0.600. The number of carbonyl (C=O) groups is 6. The van der Waals surface area contributed by atoms with Crippen molar-refractivity contribution in [3.05, 3.63) is 48.0 Å². The highest BCUT2D eigenvalue weighted by Crippen LogP contribution is 2.18. The largest absolute Gasteiger partial charge is 0.458 e. The molecule has 1 fully saturated rings. The fourth-order valence-electron chi connectivity index (χ4n) is 4.94. The van der Waals surface area contributed by atoms with Gasteiger partial charge in [0.05, 0.1) is 0 Å². The molecule has 0 unspecified atom stereocenters. The van der Waals surface area contributed by atoms with E-state index >= 15 is 0 Å². The summed E-state index contributed by atoms with van der Waals surface area (Å²) in [5, 5.41) is 13.6. The summed E-state index contributed by atoms with van der Waals surface area (Å²) in [6, 6.07) is 5.50. The van der Waals surface area contributed by atoms with E-state index in [4.69, 9.17) is 9.47 Å². The van der Waals surface area contributed by atoms with Crippen LogP contribution in [0.3, 0.4) is 0 Å². The maximum atomic E-state index is 13.7. The highest BCUT2D eigenvalue weighted by molar-refractivity contribution is 5.94. The zero-order valence-electron chi connectivity index (χ0n) is 29.4. The number of rotatable bonds is 16. The quantitative estimate of drug-likeness (QED) is 0.131. The van der Waals surface area contributed by atoms with Crippen LogP contribution in [0, 0.1) is 17.8 Å². The lowest BCUT2D eigenvalue weighted by molar-refractivity contribution is -0.139. The van der Waals surface area contributed by atoms with E-state index in [2.05, 4.69) is 26.6 Å². The minimum Gasteiger partial charge on any atom is -0.458 e. The van der Waals surface area contributed by atoms with Crippen LogP contribution in [0.15, 0.2) is 42.5 Å². The summed E-state index contributed by atoms with van der Waals surface area (Å²) in [5.74, 6) is -3.13. The van der Waals surface area contributed by atoms with Crippen molar-refractivity contribution in [2.45, 2.75) is 111 Å². The second-order valence-corrected chi connectivity index (χ2v) is 13.9. The minimum atomic E-state index is -1.01. The molecule has 1 heterocycles. The lowest BCUT2D eigenvalue weighted by atomic mass is 9.96. The van der Waals surface area contributed by atoms with Crippen LogP contribution in [0.4, 0.5) is 4.79 Å². The summed E-state index contributed by atoms with van der Waals surface area (Å²) in [6.07, 6.45) is 3.07. The number of benzene rings is 1. The molecule has 5 N–H and O–H groups in total. The standard InChI is InChI=1S/C35H53N5O8/c1-21(2)18-27(39-33(45)29(22(3)4)40-30(42)23(5)37-34(46)48-35(6,7)8)32(44)38-26(19-25-16-17-36-31(25)43)14-15-28(41)47-20-24-12-10-9-11-13-24/h9-15,21-23,25-27,29H,16-20H2,1-8H3,(H,36,43)(H,37,46)(H,38,44)(H,39,45)(H,40,42)/b15-14+/t23-,25-,26+,27-,29-/m0/s1. The predicted molar refractivity (Wildman–Crippen MR) is 180 cm³/mol. The van der Waals surface area contributed by atoms with Crippen LogP contribution in [0.5, 0.6) is 0 Å². The number of hydrogen-bond acceptors (Lipinski definition) is 8. The van der Waals surface area contributed by atoms with Crippen LogP contribution in [-0.4, -0.2) is 72.0 Å². The van der Waals surface area contributed by atoms with E-state index in [1.165, 1.54) is 19.1 Å². The van der Waals surface area contributed by atoms with E-state index in [1.54, 1.807) is 34.6 Å². The molecule has 5 amide bonds. The molecule has 0 spiro atoms. The Bertz CT molecular complexity index is 1290. The average Bonchev–Trinajstić information content (AvgIpc) is 3.39. The molecule has 2 rings (SSSR count). The van der Waals surface area contributed by atoms with Gasteiger partial charge in [-0.15, -0.1) is 0 Å². The second kappa shape index (κ2) is 18.8. The topological polar surface area (TPSA) is 181 Å². The lowest BCUT2D eigenvalue weighted by Gasteiger charge is -2.28. The second-order valence-electron chi connectivity index (χ2n) is 13.9. The monoisotopic (exact) mass is 671 g/mol. The third-order valence-corrected chi connectivity index (χ3v) is 7.43. The number of amides is 5. The van der Waals surface area contributed by atoms with E-state index in [1.807, 2.05) is 44.2 Å². The van der Waals surface area contributed by atoms with Gasteiger partial charge >= 0.3 is 12.1 Å². The first-order chi connectivity index (χ1) is 22.4. The third kappa shape index (κ3) is 14.6. The molecular formula is C35H53N5O8. The molecule has 5 atom stereocenters. The number of nitrogens with one attached hydrogen (secondary N) is 5. The van der Waals surface area contributed by atoms with Gasteiger partial charge in [0.25, 0.3) is 0 Å². The van der Waals surface area contributed by atoms with Crippen molar-refractivity contribution in [2.24, 2.45) is 17.8 Å². The lowest BCUT2D eigenvalue weighted by Crippen LogP contribution is -2.58. The van der Waals surface area contributed by atoms with Gasteiger partial charge < -0.3 is 36.1 Å². The Balaban J connectivity index is 2.14. The summed E-state index contributed by atoms with van der Waals surface area (Å²) in [4.78, 5) is 77.1. The molecule has 0 radical (unpaired) electrons. The van der Waals surface area contributed by atoms with E-state index in [0.29, 0.717) is 13.0 Å². The van der Waals surface area contributed by atoms with Crippen LogP contribution < -0.4 is 26.6 Å². The van der Waals surface area contributed by atoms with Crippen LogP contribution in [0.2, 0.25) is 0 Å². The molecule has 1 aliphatic heterocycles. The Morgan fingerprint density at radius 1 is 0.917 bits per heavy atom. The van der Waals surface area contributed by atoms with Gasteiger partial charge in [-0.25, -0.2) is 9.59 Å². The van der Waals surface area contributed by atoms with E-state index in [-0.39, 0.29) is 43.1 Å². The molecule has 13 heteroatoms. The Morgan fingerprint density at radius 2 is 1.58 bits per heavy atom. The zero-order valence-corrected chi connectivity index (χ0v) is 29.4. The number of hydrogen-bond donors (Lipinski definition) is 5. The fourth-order valence-corrected chi connectivity index (χ4v) is 4.94. The van der Waals surface area contributed by atoms with Gasteiger partial charge in [-0.2, -0.15) is 0 Å². The Kier molecular flexibility index (Phi) is 15.6. The van der Waals surface area contributed by atoms with Gasteiger partial charge in [-0.1, -0.05) is 64.1 Å². The molecule has 0 saturated carbocycles. The Hall–Kier alpha value is -4.42. The summed E-state index contributed by atoms with van der Waals surface area (Å²) < 4.78 is 10.5. The van der Waals surface area contributed by atoms with Crippen molar-refractivity contribution < 1.29 is 38.2 Å². The number of ether oxygens (including phenoxy) is 2. The minimum absolute atomic E-state index is 0.00811. The Labute approximate surface area is 283 Å². The molecular weight excluding hydrogens is 618 g/mol. The van der Waals surface area contributed by atoms with Crippen molar-refractivity contribution in [3.8, 4) is 0 Å². The predicted octanol–water partition coefficient (Wildman–Crippen LogP) is 2.88. The summed E-state index contributed by atoms with van der Waals surface area (Å²) in [7, 11) is 0. The highest BCUT2D eigenvalue weighted by atomic mass is 16.6. The van der Waals surface area contributed by atoms with Gasteiger partial charge in [-0.05, 0) is 64.4 Å². The third-order valence-electron chi connectivity index (χ3n) is 7.43. The van der Waals surface area contributed by atoms with E-state index in [0.717, 1.165) is 5.56 Å². The SMILES string of the molecule is CC(C)C[C@H](NC(=O)[C@@H](NC(=O)[C@H](C)NC(=O)OC(C)(C)C)C(C)C)C(=O)N[C@H](/C=C/C(=O)OCc1ccccc1)C[C@@H]1CCNC1=O. The molecule has 1 saturated heterocycles. The van der Waals surface area contributed by atoms with Crippen LogP contribution in [0.1, 0.15) is 80.2 Å². The normalized spacial score (nSPS) is 17.2. The van der Waals surface area contributed by atoms with Crippen molar-refractivity contribution in [3.63, 3.8) is 0 Å².